The van der Waals surface area contributed by atoms with Crippen LogP contribution in [0.5, 0.6) is 0 Å². The summed E-state index contributed by atoms with van der Waals surface area (Å²) in [5, 5.41) is 3.68. The fourth-order valence-electron chi connectivity index (χ4n) is 4.17. The van der Waals surface area contributed by atoms with Gasteiger partial charge >= 0.3 is 0 Å². The van der Waals surface area contributed by atoms with Gasteiger partial charge < -0.3 is 10.1 Å². The van der Waals surface area contributed by atoms with Crippen LogP contribution in [0.15, 0.2) is 0 Å². The first-order valence-corrected chi connectivity index (χ1v) is 7.67. The van der Waals surface area contributed by atoms with E-state index in [1.165, 1.54) is 64.3 Å². The molecule has 3 aliphatic rings. The van der Waals surface area contributed by atoms with E-state index in [1.54, 1.807) is 0 Å². The lowest BCUT2D eigenvalue weighted by molar-refractivity contribution is -0.0433. The van der Waals surface area contributed by atoms with Crippen molar-refractivity contribution in [1.29, 1.82) is 0 Å². The van der Waals surface area contributed by atoms with Crippen molar-refractivity contribution in [3.8, 4) is 0 Å². The van der Waals surface area contributed by atoms with Gasteiger partial charge in [0.1, 0.15) is 0 Å². The number of hydrogen-bond donors (Lipinski definition) is 1. The van der Waals surface area contributed by atoms with Gasteiger partial charge in [-0.05, 0) is 57.4 Å². The first-order valence-electron chi connectivity index (χ1n) is 7.67. The summed E-state index contributed by atoms with van der Waals surface area (Å²) in [7, 11) is 0. The zero-order valence-electron chi connectivity index (χ0n) is 11.2. The molecule has 98 valence electrons. The van der Waals surface area contributed by atoms with Gasteiger partial charge in [0.15, 0.2) is 0 Å². The molecule has 0 aromatic carbocycles. The Balaban J connectivity index is 1.50. The van der Waals surface area contributed by atoms with Gasteiger partial charge in [-0.3, -0.25) is 0 Å². The molecule has 1 spiro atoms. The molecule has 17 heavy (non-hydrogen) atoms. The molecule has 3 fully saturated rings. The third-order valence-electron chi connectivity index (χ3n) is 5.16. The summed E-state index contributed by atoms with van der Waals surface area (Å²) in [6.07, 6.45) is 12.6. The Labute approximate surface area is 105 Å². The van der Waals surface area contributed by atoms with Crippen LogP contribution in [0, 0.1) is 5.92 Å². The maximum Gasteiger partial charge on any atom is 0.0687 e. The highest BCUT2D eigenvalue weighted by atomic mass is 16.5. The lowest BCUT2D eigenvalue weighted by Gasteiger charge is -2.31. The van der Waals surface area contributed by atoms with Crippen molar-refractivity contribution in [2.75, 3.05) is 6.54 Å². The SMILES string of the molecule is CC1CCNC(CC2CCC3(CCCC3)O2)C1. The van der Waals surface area contributed by atoms with Gasteiger partial charge in [0, 0.05) is 6.04 Å². The van der Waals surface area contributed by atoms with Gasteiger partial charge in [0.2, 0.25) is 0 Å². The van der Waals surface area contributed by atoms with Crippen LogP contribution < -0.4 is 5.32 Å². The van der Waals surface area contributed by atoms with E-state index in [2.05, 4.69) is 12.2 Å². The standard InChI is InChI=1S/C15H27NO/c1-12-5-9-16-13(10-12)11-14-4-8-15(17-14)6-2-3-7-15/h12-14,16H,2-11H2,1H3. The van der Waals surface area contributed by atoms with Crippen LogP contribution in [0.3, 0.4) is 0 Å². The third-order valence-corrected chi connectivity index (χ3v) is 5.16. The van der Waals surface area contributed by atoms with Crippen LogP contribution in [0.1, 0.15) is 64.7 Å². The normalized spacial score (nSPS) is 41.1. The van der Waals surface area contributed by atoms with Crippen molar-refractivity contribution in [1.82, 2.24) is 5.32 Å². The number of hydrogen-bond acceptors (Lipinski definition) is 2. The van der Waals surface area contributed by atoms with Gasteiger partial charge in [-0.15, -0.1) is 0 Å². The Bertz CT molecular complexity index is 260. The minimum Gasteiger partial charge on any atom is -0.372 e. The minimum absolute atomic E-state index is 0.324. The van der Waals surface area contributed by atoms with E-state index < -0.39 is 0 Å². The largest absolute Gasteiger partial charge is 0.372 e. The Morgan fingerprint density at radius 3 is 2.76 bits per heavy atom. The van der Waals surface area contributed by atoms with Crippen LogP contribution in [-0.2, 0) is 4.74 Å². The van der Waals surface area contributed by atoms with Crippen molar-refractivity contribution < 1.29 is 4.74 Å². The third kappa shape index (κ3) is 2.68. The maximum atomic E-state index is 6.41. The van der Waals surface area contributed by atoms with Crippen LogP contribution in [0.4, 0.5) is 0 Å². The number of piperidine rings is 1. The number of ether oxygens (including phenoxy) is 1. The molecule has 2 heteroatoms. The molecule has 1 saturated carbocycles. The molecular formula is C15H27NO. The molecular weight excluding hydrogens is 210 g/mol. The minimum atomic E-state index is 0.324. The monoisotopic (exact) mass is 237 g/mol. The van der Waals surface area contributed by atoms with E-state index in [9.17, 15) is 0 Å². The summed E-state index contributed by atoms with van der Waals surface area (Å²) in [6.45, 7) is 3.60. The van der Waals surface area contributed by atoms with Gasteiger partial charge in [0.05, 0.1) is 11.7 Å². The second kappa shape index (κ2) is 4.89. The Morgan fingerprint density at radius 1 is 1.18 bits per heavy atom. The van der Waals surface area contributed by atoms with Crippen LogP contribution in [0.25, 0.3) is 0 Å². The van der Waals surface area contributed by atoms with Crippen LogP contribution in [0.2, 0.25) is 0 Å². The molecule has 0 radical (unpaired) electrons. The summed E-state index contributed by atoms with van der Waals surface area (Å²) >= 11 is 0. The highest BCUT2D eigenvalue weighted by Gasteiger charge is 2.42. The highest BCUT2D eigenvalue weighted by molar-refractivity contribution is 4.94. The Hall–Kier alpha value is -0.0800. The molecule has 1 N–H and O–H groups in total. The second-order valence-corrected chi connectivity index (χ2v) is 6.68. The molecule has 0 aromatic heterocycles. The summed E-state index contributed by atoms with van der Waals surface area (Å²) in [5.74, 6) is 0.906. The van der Waals surface area contributed by atoms with Gasteiger partial charge in [-0.25, -0.2) is 0 Å². The summed E-state index contributed by atoms with van der Waals surface area (Å²) in [4.78, 5) is 0. The predicted molar refractivity (Wildman–Crippen MR) is 70.1 cm³/mol. The second-order valence-electron chi connectivity index (χ2n) is 6.68. The zero-order valence-corrected chi connectivity index (χ0v) is 11.2. The number of rotatable bonds is 2. The topological polar surface area (TPSA) is 21.3 Å². The lowest BCUT2D eigenvalue weighted by Crippen LogP contribution is -2.40. The van der Waals surface area contributed by atoms with E-state index in [4.69, 9.17) is 4.74 Å². The molecule has 3 unspecified atom stereocenters. The van der Waals surface area contributed by atoms with E-state index in [-0.39, 0.29) is 0 Å². The average Bonchev–Trinajstić information content (AvgIpc) is 2.90. The lowest BCUT2D eigenvalue weighted by atomic mass is 9.90. The fourth-order valence-corrected chi connectivity index (χ4v) is 4.17. The molecule has 0 aromatic rings. The predicted octanol–water partition coefficient (Wildman–Crippen LogP) is 3.26. The summed E-state index contributed by atoms with van der Waals surface area (Å²) < 4.78 is 6.41. The molecule has 0 amide bonds. The van der Waals surface area contributed by atoms with E-state index >= 15 is 0 Å². The fraction of sp³-hybridized carbons (Fsp3) is 1.00. The molecule has 0 bridgehead atoms. The molecule has 2 nitrogen and oxygen atoms in total. The molecule has 3 atom stereocenters. The van der Waals surface area contributed by atoms with Crippen molar-refractivity contribution >= 4 is 0 Å². The van der Waals surface area contributed by atoms with Crippen LogP contribution in [-0.4, -0.2) is 24.3 Å². The summed E-state index contributed by atoms with van der Waals surface area (Å²) in [5.41, 5.74) is 0.324. The zero-order chi connectivity index (χ0) is 11.7. The van der Waals surface area contributed by atoms with Crippen molar-refractivity contribution in [2.24, 2.45) is 5.92 Å². The van der Waals surface area contributed by atoms with Crippen molar-refractivity contribution in [3.05, 3.63) is 0 Å². The molecule has 2 saturated heterocycles. The molecule has 2 heterocycles. The van der Waals surface area contributed by atoms with Gasteiger partial charge in [-0.1, -0.05) is 19.8 Å². The highest BCUT2D eigenvalue weighted by Crippen LogP contribution is 2.44. The first-order chi connectivity index (χ1) is 8.26. The van der Waals surface area contributed by atoms with Crippen molar-refractivity contribution in [2.45, 2.75) is 82.5 Å². The van der Waals surface area contributed by atoms with Gasteiger partial charge in [-0.2, -0.15) is 0 Å². The van der Waals surface area contributed by atoms with Crippen molar-refractivity contribution in [3.63, 3.8) is 0 Å². The first kappa shape index (κ1) is 12.0. The smallest absolute Gasteiger partial charge is 0.0687 e. The Kier molecular flexibility index (Phi) is 3.45. The number of nitrogens with one attached hydrogen (secondary N) is 1. The average molecular weight is 237 g/mol. The molecule has 1 aliphatic carbocycles. The quantitative estimate of drug-likeness (QED) is 0.796. The van der Waals surface area contributed by atoms with E-state index in [0.717, 1.165) is 12.0 Å². The Morgan fingerprint density at radius 2 is 2.00 bits per heavy atom. The van der Waals surface area contributed by atoms with Crippen LogP contribution >= 0.6 is 0 Å². The molecule has 2 aliphatic heterocycles. The van der Waals surface area contributed by atoms with Gasteiger partial charge in [0.25, 0.3) is 0 Å². The van der Waals surface area contributed by atoms with E-state index in [0.29, 0.717) is 11.7 Å². The van der Waals surface area contributed by atoms with E-state index in [1.807, 2.05) is 0 Å². The maximum absolute atomic E-state index is 6.41. The molecule has 3 rings (SSSR count). The summed E-state index contributed by atoms with van der Waals surface area (Å²) in [6, 6.07) is 0.723.